The lowest BCUT2D eigenvalue weighted by Crippen LogP contribution is -2.17. The third-order valence-electron chi connectivity index (χ3n) is 3.58. The molecule has 1 unspecified atom stereocenters. The molecule has 1 heterocycles. The highest BCUT2D eigenvalue weighted by atomic mass is 16.5. The first-order chi connectivity index (χ1) is 8.33. The summed E-state index contributed by atoms with van der Waals surface area (Å²) in [6, 6.07) is 0. The summed E-state index contributed by atoms with van der Waals surface area (Å²) in [6.07, 6.45) is 14.2. The van der Waals surface area contributed by atoms with Gasteiger partial charge in [0.1, 0.15) is 6.10 Å². The van der Waals surface area contributed by atoms with Gasteiger partial charge in [-0.25, -0.2) is 0 Å². The molecule has 0 aromatic heterocycles. The Morgan fingerprint density at radius 2 is 1.82 bits per heavy atom. The molecule has 2 nitrogen and oxygen atoms in total. The average Bonchev–Trinajstić information content (AvgIpc) is 2.41. The molecule has 0 radical (unpaired) electrons. The van der Waals surface area contributed by atoms with Gasteiger partial charge in [-0.1, -0.05) is 45.4 Å². The summed E-state index contributed by atoms with van der Waals surface area (Å²) in [5.41, 5.74) is 0. The zero-order valence-corrected chi connectivity index (χ0v) is 11.4. The van der Waals surface area contributed by atoms with Gasteiger partial charge in [0.05, 0.1) is 0 Å². The molecular formula is C15H28O2. The summed E-state index contributed by atoms with van der Waals surface area (Å²) in [4.78, 5) is 11.5. The van der Waals surface area contributed by atoms with Gasteiger partial charge in [-0.05, 0) is 32.1 Å². The molecule has 1 saturated heterocycles. The topological polar surface area (TPSA) is 26.3 Å². The zero-order valence-electron chi connectivity index (χ0n) is 11.4. The van der Waals surface area contributed by atoms with Crippen molar-refractivity contribution in [2.24, 2.45) is 0 Å². The summed E-state index contributed by atoms with van der Waals surface area (Å²) in [5.74, 6) is 0.0328. The predicted molar refractivity (Wildman–Crippen MR) is 71.0 cm³/mol. The highest BCUT2D eigenvalue weighted by Gasteiger charge is 2.15. The molecule has 1 atom stereocenters. The maximum atomic E-state index is 11.5. The fraction of sp³-hybridized carbons (Fsp3) is 0.933. The highest BCUT2D eigenvalue weighted by Crippen LogP contribution is 2.19. The van der Waals surface area contributed by atoms with Crippen molar-refractivity contribution in [3.63, 3.8) is 0 Å². The van der Waals surface area contributed by atoms with Crippen molar-refractivity contribution in [1.82, 2.24) is 0 Å². The SMILES string of the molecule is CCCCCCCC1CCCCCCC(=O)O1. The van der Waals surface area contributed by atoms with E-state index in [1.165, 1.54) is 51.4 Å². The molecule has 1 aliphatic rings. The number of carbonyl (C=O) groups excluding carboxylic acids is 1. The minimum Gasteiger partial charge on any atom is -0.462 e. The molecule has 0 amide bonds. The lowest BCUT2D eigenvalue weighted by molar-refractivity contribution is -0.149. The molecule has 0 aromatic carbocycles. The van der Waals surface area contributed by atoms with E-state index in [1.54, 1.807) is 0 Å². The molecule has 100 valence electrons. The summed E-state index contributed by atoms with van der Waals surface area (Å²) >= 11 is 0. The van der Waals surface area contributed by atoms with Crippen molar-refractivity contribution >= 4 is 5.97 Å². The third kappa shape index (κ3) is 7.40. The van der Waals surface area contributed by atoms with Crippen LogP contribution in [-0.2, 0) is 9.53 Å². The Hall–Kier alpha value is -0.530. The van der Waals surface area contributed by atoms with E-state index in [0.717, 1.165) is 19.3 Å². The van der Waals surface area contributed by atoms with Crippen LogP contribution in [0.3, 0.4) is 0 Å². The Morgan fingerprint density at radius 1 is 1.06 bits per heavy atom. The van der Waals surface area contributed by atoms with Crippen molar-refractivity contribution in [2.75, 3.05) is 0 Å². The first-order valence-corrected chi connectivity index (χ1v) is 7.52. The molecular weight excluding hydrogens is 212 g/mol. The van der Waals surface area contributed by atoms with Crippen LogP contribution >= 0.6 is 0 Å². The minimum absolute atomic E-state index is 0.0328. The Bertz CT molecular complexity index is 201. The molecule has 0 N–H and O–H groups in total. The van der Waals surface area contributed by atoms with Crippen LogP contribution in [0.25, 0.3) is 0 Å². The van der Waals surface area contributed by atoms with E-state index in [4.69, 9.17) is 4.74 Å². The van der Waals surface area contributed by atoms with E-state index in [-0.39, 0.29) is 12.1 Å². The number of ether oxygens (including phenoxy) is 1. The first-order valence-electron chi connectivity index (χ1n) is 7.52. The van der Waals surface area contributed by atoms with Crippen LogP contribution in [0.4, 0.5) is 0 Å². The minimum atomic E-state index is 0.0328. The summed E-state index contributed by atoms with van der Waals surface area (Å²) in [7, 11) is 0. The Kier molecular flexibility index (Phi) is 8.12. The fourth-order valence-corrected chi connectivity index (χ4v) is 2.48. The van der Waals surface area contributed by atoms with Crippen molar-refractivity contribution in [3.05, 3.63) is 0 Å². The lowest BCUT2D eigenvalue weighted by Gasteiger charge is -2.16. The van der Waals surface area contributed by atoms with Gasteiger partial charge >= 0.3 is 5.97 Å². The van der Waals surface area contributed by atoms with Crippen molar-refractivity contribution < 1.29 is 9.53 Å². The summed E-state index contributed by atoms with van der Waals surface area (Å²) in [6.45, 7) is 2.24. The molecule has 0 aliphatic carbocycles. The van der Waals surface area contributed by atoms with E-state index < -0.39 is 0 Å². The first kappa shape index (κ1) is 14.5. The van der Waals surface area contributed by atoms with Gasteiger partial charge in [0.25, 0.3) is 0 Å². The second-order valence-corrected chi connectivity index (χ2v) is 5.27. The van der Waals surface area contributed by atoms with Gasteiger partial charge in [0, 0.05) is 6.42 Å². The summed E-state index contributed by atoms with van der Waals surface area (Å²) < 4.78 is 5.54. The van der Waals surface area contributed by atoms with Crippen molar-refractivity contribution in [3.8, 4) is 0 Å². The number of esters is 1. The van der Waals surface area contributed by atoms with Crippen LogP contribution in [0.15, 0.2) is 0 Å². The lowest BCUT2D eigenvalue weighted by atomic mass is 10.0. The van der Waals surface area contributed by atoms with E-state index in [2.05, 4.69) is 6.92 Å². The van der Waals surface area contributed by atoms with E-state index in [0.29, 0.717) is 6.42 Å². The number of cyclic esters (lactones) is 1. The standard InChI is InChI=1S/C15H28O2/c1-2-3-4-5-8-11-14-12-9-6-7-10-13-15(16)17-14/h14H,2-13H2,1H3. The van der Waals surface area contributed by atoms with Gasteiger partial charge < -0.3 is 4.74 Å². The van der Waals surface area contributed by atoms with E-state index >= 15 is 0 Å². The zero-order chi connectivity index (χ0) is 12.3. The average molecular weight is 240 g/mol. The van der Waals surface area contributed by atoms with Crippen LogP contribution in [-0.4, -0.2) is 12.1 Å². The number of carbonyl (C=O) groups is 1. The molecule has 0 bridgehead atoms. The van der Waals surface area contributed by atoms with E-state index in [1.807, 2.05) is 0 Å². The normalized spacial score (nSPS) is 22.4. The van der Waals surface area contributed by atoms with Gasteiger partial charge in [0.15, 0.2) is 0 Å². The monoisotopic (exact) mass is 240 g/mol. The van der Waals surface area contributed by atoms with Crippen LogP contribution in [0.5, 0.6) is 0 Å². The highest BCUT2D eigenvalue weighted by molar-refractivity contribution is 5.69. The van der Waals surface area contributed by atoms with Gasteiger partial charge in [-0.15, -0.1) is 0 Å². The van der Waals surface area contributed by atoms with Crippen LogP contribution in [0.2, 0.25) is 0 Å². The summed E-state index contributed by atoms with van der Waals surface area (Å²) in [5, 5.41) is 0. The number of hydrogen-bond donors (Lipinski definition) is 0. The molecule has 17 heavy (non-hydrogen) atoms. The molecule has 2 heteroatoms. The smallest absolute Gasteiger partial charge is 0.306 e. The molecule has 0 spiro atoms. The third-order valence-corrected chi connectivity index (χ3v) is 3.58. The molecule has 1 rings (SSSR count). The number of unbranched alkanes of at least 4 members (excludes halogenated alkanes) is 4. The van der Waals surface area contributed by atoms with Crippen LogP contribution in [0.1, 0.15) is 84.0 Å². The van der Waals surface area contributed by atoms with E-state index in [9.17, 15) is 4.79 Å². The molecule has 0 saturated carbocycles. The van der Waals surface area contributed by atoms with Crippen molar-refractivity contribution in [1.29, 1.82) is 0 Å². The molecule has 1 aliphatic heterocycles. The van der Waals surface area contributed by atoms with Gasteiger partial charge in [-0.3, -0.25) is 4.79 Å². The second kappa shape index (κ2) is 9.49. The maximum Gasteiger partial charge on any atom is 0.306 e. The molecule has 1 fully saturated rings. The predicted octanol–water partition coefficient (Wildman–Crippen LogP) is 4.61. The maximum absolute atomic E-state index is 11.5. The largest absolute Gasteiger partial charge is 0.462 e. The number of rotatable bonds is 6. The van der Waals surface area contributed by atoms with Gasteiger partial charge in [-0.2, -0.15) is 0 Å². The second-order valence-electron chi connectivity index (χ2n) is 5.27. The van der Waals surface area contributed by atoms with Gasteiger partial charge in [0.2, 0.25) is 0 Å². The fourth-order valence-electron chi connectivity index (χ4n) is 2.48. The Labute approximate surface area is 106 Å². The van der Waals surface area contributed by atoms with Crippen LogP contribution in [0, 0.1) is 0 Å². The quantitative estimate of drug-likeness (QED) is 0.500. The van der Waals surface area contributed by atoms with Crippen LogP contribution < -0.4 is 0 Å². The number of hydrogen-bond acceptors (Lipinski definition) is 2. The van der Waals surface area contributed by atoms with Crippen molar-refractivity contribution in [2.45, 2.75) is 90.1 Å². The Morgan fingerprint density at radius 3 is 2.65 bits per heavy atom. The Balaban J connectivity index is 2.16. The molecule has 0 aromatic rings.